The van der Waals surface area contributed by atoms with E-state index in [1.807, 2.05) is 28.6 Å². The van der Waals surface area contributed by atoms with Crippen LogP contribution in [0.2, 0.25) is 0 Å². The van der Waals surface area contributed by atoms with Crippen molar-refractivity contribution in [3.05, 3.63) is 95.3 Å². The van der Waals surface area contributed by atoms with Crippen LogP contribution >= 0.6 is 0 Å². The van der Waals surface area contributed by atoms with E-state index in [1.54, 1.807) is 30.9 Å². The Morgan fingerprint density at radius 1 is 0.850 bits per heavy atom. The first kappa shape index (κ1) is 38.2. The van der Waals surface area contributed by atoms with Gasteiger partial charge in [-0.2, -0.15) is 10.1 Å². The molecular weight excluding hydrogens is 767 g/mol. The molecule has 1 saturated heterocycles. The van der Waals surface area contributed by atoms with Gasteiger partial charge in [-0.15, -0.1) is 0 Å². The lowest BCUT2D eigenvalue weighted by molar-refractivity contribution is -0.122. The molecule has 2 aliphatic rings. The van der Waals surface area contributed by atoms with Crippen LogP contribution in [0, 0.1) is 0 Å². The van der Waals surface area contributed by atoms with Crippen LogP contribution < -0.4 is 26.6 Å². The molecule has 9 rings (SSSR count). The van der Waals surface area contributed by atoms with Crippen molar-refractivity contribution in [1.82, 2.24) is 54.9 Å². The third-order valence-electron chi connectivity index (χ3n) is 10.7. The molecule has 0 radical (unpaired) electrons. The molecule has 5 aromatic heterocycles. The minimum Gasteiger partial charge on any atom is -0.424 e. The number of hydrogen-bond donors (Lipinski definition) is 3. The Labute approximate surface area is 343 Å². The second kappa shape index (κ2) is 16.5. The summed E-state index contributed by atoms with van der Waals surface area (Å²) in [4.78, 5) is 62.9. The molecule has 19 nitrogen and oxygen atoms in total. The highest BCUT2D eigenvalue weighted by atomic mass is 16.5. The number of aromatic nitrogens is 9. The first-order valence-corrected chi connectivity index (χ1v) is 19.8. The highest BCUT2D eigenvalue weighted by molar-refractivity contribution is 5.99. The summed E-state index contributed by atoms with van der Waals surface area (Å²) < 4.78 is 12.5. The van der Waals surface area contributed by atoms with Crippen molar-refractivity contribution in [3.63, 3.8) is 0 Å². The number of fused-ring (bicyclic) bond motifs is 3. The minimum absolute atomic E-state index is 0.0708. The minimum atomic E-state index is -0.105. The van der Waals surface area contributed by atoms with Crippen molar-refractivity contribution < 1.29 is 18.7 Å². The van der Waals surface area contributed by atoms with Crippen molar-refractivity contribution in [2.45, 2.75) is 39.4 Å². The number of ether oxygens (including phenoxy) is 1. The second-order valence-corrected chi connectivity index (χ2v) is 14.6. The van der Waals surface area contributed by atoms with E-state index in [-0.39, 0.29) is 17.8 Å². The molecule has 0 saturated carbocycles. The Bertz CT molecular complexity index is 2670. The van der Waals surface area contributed by atoms with Gasteiger partial charge in [-0.05, 0) is 48.2 Å². The van der Waals surface area contributed by atoms with Gasteiger partial charge in [0.25, 0.3) is 11.9 Å². The number of nitrogens with two attached hydrogens (primary N) is 2. The van der Waals surface area contributed by atoms with Gasteiger partial charge in [-0.3, -0.25) is 9.59 Å². The Morgan fingerprint density at radius 3 is 2.35 bits per heavy atom. The summed E-state index contributed by atoms with van der Waals surface area (Å²) in [5.41, 5.74) is 20.0. The zero-order chi connectivity index (χ0) is 41.2. The first-order valence-electron chi connectivity index (χ1n) is 19.8. The van der Waals surface area contributed by atoms with E-state index in [0.29, 0.717) is 130 Å². The van der Waals surface area contributed by atoms with Gasteiger partial charge in [-0.25, -0.2) is 34.6 Å². The molecule has 7 aromatic rings. The highest BCUT2D eigenvalue weighted by Crippen LogP contribution is 2.33. The van der Waals surface area contributed by atoms with Gasteiger partial charge in [-0.1, -0.05) is 18.2 Å². The Hall–Kier alpha value is -7.28. The van der Waals surface area contributed by atoms with Crippen molar-refractivity contribution >= 4 is 57.7 Å². The number of nitrogen functional groups attached to an aromatic ring is 2. The zero-order valence-electron chi connectivity index (χ0n) is 33.0. The van der Waals surface area contributed by atoms with Crippen LogP contribution in [0.15, 0.2) is 71.9 Å². The number of carbonyl (C=O) groups is 2. The second-order valence-electron chi connectivity index (χ2n) is 14.6. The molecule has 60 heavy (non-hydrogen) atoms. The predicted molar refractivity (Wildman–Crippen MR) is 223 cm³/mol. The van der Waals surface area contributed by atoms with Gasteiger partial charge in [0.15, 0.2) is 11.2 Å². The van der Waals surface area contributed by atoms with E-state index in [9.17, 15) is 9.59 Å². The molecule has 0 bridgehead atoms. The molecule has 0 aliphatic carbocycles. The monoisotopic (exact) mass is 809 g/mol. The number of nitrogens with zero attached hydrogens (tertiary/aromatic N) is 12. The molecule has 2 aromatic carbocycles. The van der Waals surface area contributed by atoms with Crippen LogP contribution in [0.4, 0.5) is 23.7 Å². The maximum Gasteiger partial charge on any atom is 0.292 e. The normalized spacial score (nSPS) is 14.2. The van der Waals surface area contributed by atoms with Gasteiger partial charge in [0, 0.05) is 94.8 Å². The number of amides is 2. The van der Waals surface area contributed by atoms with Gasteiger partial charge in [0.05, 0.1) is 24.1 Å². The molecule has 2 amide bonds. The SMILES string of the molecule is CCOCCC(=O)NCc1cnc(N2CCN(c3ncc(C(=O)N4CCc5cc(Cn6nc(-c7ccc8oc(N)nc8c7)c7c(N)ncnc76)ccc5C4)cn3)CC2)nc1. The summed E-state index contributed by atoms with van der Waals surface area (Å²) in [5.74, 6) is 1.36. The van der Waals surface area contributed by atoms with E-state index in [1.165, 1.54) is 11.9 Å². The van der Waals surface area contributed by atoms with Gasteiger partial charge < -0.3 is 40.6 Å². The molecule has 19 heteroatoms. The van der Waals surface area contributed by atoms with Crippen molar-refractivity contribution in [1.29, 1.82) is 0 Å². The quantitative estimate of drug-likeness (QED) is 0.150. The average Bonchev–Trinajstić information content (AvgIpc) is 3.85. The van der Waals surface area contributed by atoms with E-state index in [4.69, 9.17) is 25.7 Å². The van der Waals surface area contributed by atoms with Crippen molar-refractivity contribution in [2.75, 3.05) is 67.2 Å². The van der Waals surface area contributed by atoms with Crippen LogP contribution in [0.3, 0.4) is 0 Å². The number of oxazole rings is 1. The van der Waals surface area contributed by atoms with E-state index in [2.05, 4.69) is 68.2 Å². The van der Waals surface area contributed by atoms with Crippen LogP contribution in [0.5, 0.6) is 0 Å². The largest absolute Gasteiger partial charge is 0.424 e. The Kier molecular flexibility index (Phi) is 10.5. The fourth-order valence-corrected chi connectivity index (χ4v) is 7.57. The lowest BCUT2D eigenvalue weighted by atomic mass is 9.97. The molecule has 5 N–H and O–H groups in total. The average molecular weight is 810 g/mol. The summed E-state index contributed by atoms with van der Waals surface area (Å²) >= 11 is 0. The lowest BCUT2D eigenvalue weighted by Crippen LogP contribution is -2.47. The topological polar surface area (TPSA) is 238 Å². The summed E-state index contributed by atoms with van der Waals surface area (Å²) in [6.45, 7) is 7.49. The number of rotatable bonds is 12. The lowest BCUT2D eigenvalue weighted by Gasteiger charge is -2.34. The smallest absolute Gasteiger partial charge is 0.292 e. The molecule has 0 unspecified atom stereocenters. The molecule has 7 heterocycles. The fourth-order valence-electron chi connectivity index (χ4n) is 7.57. The standard InChI is InChI=1S/C41H43N15O4/c1-2-59-14-8-33(57)44-17-26-18-45-40(46-19-26)53-10-12-54(13-11-53)41-47-20-30(21-48-41)38(58)55-9-7-27-15-25(3-4-29(27)23-55)22-56-37-34(36(42)49-24-50-37)35(52-56)28-5-6-32-31(16-28)51-39(43)60-32/h3-6,15-16,18-21,24H,2,7-14,17,22-23H2,1H3,(H2,43,51)(H,44,57)(H2,42,49,50). The van der Waals surface area contributed by atoms with Crippen LogP contribution in [0.25, 0.3) is 33.4 Å². The number of nitrogens with one attached hydrogen (secondary N) is 1. The van der Waals surface area contributed by atoms with Gasteiger partial charge in [0.1, 0.15) is 23.4 Å². The molecular formula is C41H43N15O4. The number of anilines is 4. The number of piperazine rings is 1. The van der Waals surface area contributed by atoms with E-state index in [0.717, 1.165) is 22.3 Å². The van der Waals surface area contributed by atoms with E-state index < -0.39 is 0 Å². The third-order valence-corrected chi connectivity index (χ3v) is 10.7. The van der Waals surface area contributed by atoms with Gasteiger partial charge in [0.2, 0.25) is 17.8 Å². The summed E-state index contributed by atoms with van der Waals surface area (Å²) in [5, 5.41) is 8.46. The molecule has 1 fully saturated rings. The fraction of sp³-hybridized carbons (Fsp3) is 0.317. The van der Waals surface area contributed by atoms with Crippen molar-refractivity contribution in [2.24, 2.45) is 0 Å². The Morgan fingerprint density at radius 2 is 1.60 bits per heavy atom. The summed E-state index contributed by atoms with van der Waals surface area (Å²) in [6, 6.07) is 12.0. The van der Waals surface area contributed by atoms with E-state index >= 15 is 0 Å². The number of benzene rings is 2. The van der Waals surface area contributed by atoms with Crippen LogP contribution in [0.1, 0.15) is 46.0 Å². The maximum absolute atomic E-state index is 13.6. The number of carbonyl (C=O) groups excluding carboxylic acids is 2. The first-order chi connectivity index (χ1) is 29.3. The molecule has 0 atom stereocenters. The number of hydrogen-bond acceptors (Lipinski definition) is 16. The van der Waals surface area contributed by atoms with Crippen LogP contribution in [-0.4, -0.2) is 107 Å². The third kappa shape index (κ3) is 7.93. The van der Waals surface area contributed by atoms with Crippen molar-refractivity contribution in [3.8, 4) is 11.3 Å². The van der Waals surface area contributed by atoms with Crippen LogP contribution in [-0.2, 0) is 35.6 Å². The zero-order valence-corrected chi connectivity index (χ0v) is 33.0. The highest BCUT2D eigenvalue weighted by Gasteiger charge is 2.25. The Balaban J connectivity index is 0.797. The molecule has 0 spiro atoms. The summed E-state index contributed by atoms with van der Waals surface area (Å²) in [7, 11) is 0. The van der Waals surface area contributed by atoms with Gasteiger partial charge >= 0.3 is 0 Å². The maximum atomic E-state index is 13.6. The predicted octanol–water partition coefficient (Wildman–Crippen LogP) is 3.00. The molecule has 2 aliphatic heterocycles. The molecule has 306 valence electrons. The summed E-state index contributed by atoms with van der Waals surface area (Å²) in [6.07, 6.45) is 9.18.